The third-order valence-corrected chi connectivity index (χ3v) is 3.22. The summed E-state index contributed by atoms with van der Waals surface area (Å²) in [5, 5.41) is 15.6. The highest BCUT2D eigenvalue weighted by atomic mass is 16.4. The van der Waals surface area contributed by atoms with E-state index in [1.54, 1.807) is 17.8 Å². The lowest BCUT2D eigenvalue weighted by atomic mass is 10.1. The fraction of sp³-hybridized carbons (Fsp3) is 0.312. The summed E-state index contributed by atoms with van der Waals surface area (Å²) < 4.78 is 1.70. The average Bonchev–Trinajstić information content (AvgIpc) is 2.94. The summed E-state index contributed by atoms with van der Waals surface area (Å²) in [5.41, 5.74) is 1.58. The van der Waals surface area contributed by atoms with E-state index in [-0.39, 0.29) is 18.2 Å². The van der Waals surface area contributed by atoms with Gasteiger partial charge in [-0.15, -0.1) is 0 Å². The second-order valence-electron chi connectivity index (χ2n) is 5.33. The van der Waals surface area contributed by atoms with Gasteiger partial charge in [-0.1, -0.05) is 37.3 Å². The molecule has 0 spiro atoms. The van der Waals surface area contributed by atoms with Crippen LogP contribution in [0, 0.1) is 5.92 Å². The van der Waals surface area contributed by atoms with Gasteiger partial charge in [0.2, 0.25) is 0 Å². The minimum atomic E-state index is -0.863. The number of aliphatic carboxylic acids is 1. The summed E-state index contributed by atoms with van der Waals surface area (Å²) in [6, 6.07) is 9.85. The van der Waals surface area contributed by atoms with Crippen LogP contribution in [-0.2, 0) is 11.3 Å². The maximum atomic E-state index is 12.0. The second kappa shape index (κ2) is 7.40. The van der Waals surface area contributed by atoms with Crippen LogP contribution in [0.2, 0.25) is 0 Å². The van der Waals surface area contributed by atoms with Crippen molar-refractivity contribution >= 4 is 11.9 Å². The van der Waals surface area contributed by atoms with E-state index in [9.17, 15) is 9.59 Å². The van der Waals surface area contributed by atoms with Crippen LogP contribution in [-0.4, -0.2) is 33.3 Å². The number of nitrogens with zero attached hydrogens (tertiary/aromatic N) is 2. The number of carbonyl (C=O) groups excluding carboxylic acids is 1. The Morgan fingerprint density at radius 2 is 2.05 bits per heavy atom. The van der Waals surface area contributed by atoms with Gasteiger partial charge in [0.1, 0.15) is 0 Å². The first-order valence-electron chi connectivity index (χ1n) is 7.11. The SMILES string of the molecule is C[C@@H](CNC(=O)c1cnn(Cc2ccccc2)c1)CC(=O)O. The molecule has 1 amide bonds. The molecule has 6 nitrogen and oxygen atoms in total. The van der Waals surface area contributed by atoms with Gasteiger partial charge in [0.15, 0.2) is 0 Å². The van der Waals surface area contributed by atoms with Crippen LogP contribution in [0.3, 0.4) is 0 Å². The van der Waals surface area contributed by atoms with Crippen molar-refractivity contribution in [1.82, 2.24) is 15.1 Å². The number of carbonyl (C=O) groups is 2. The Labute approximate surface area is 128 Å². The minimum Gasteiger partial charge on any atom is -0.481 e. The van der Waals surface area contributed by atoms with Crippen LogP contribution in [0.25, 0.3) is 0 Å². The average molecular weight is 301 g/mol. The Morgan fingerprint density at radius 3 is 2.73 bits per heavy atom. The van der Waals surface area contributed by atoms with Gasteiger partial charge in [0.05, 0.1) is 18.3 Å². The molecule has 0 saturated heterocycles. The highest BCUT2D eigenvalue weighted by molar-refractivity contribution is 5.93. The van der Waals surface area contributed by atoms with Crippen molar-refractivity contribution in [3.8, 4) is 0 Å². The number of carboxylic acid groups (broad SMARTS) is 1. The molecule has 2 rings (SSSR count). The van der Waals surface area contributed by atoms with E-state index in [1.165, 1.54) is 6.20 Å². The molecule has 22 heavy (non-hydrogen) atoms. The van der Waals surface area contributed by atoms with Crippen molar-refractivity contribution in [3.05, 3.63) is 53.9 Å². The predicted octanol–water partition coefficient (Wildman–Crippen LogP) is 1.77. The van der Waals surface area contributed by atoms with E-state index >= 15 is 0 Å². The molecule has 0 aliphatic carbocycles. The van der Waals surface area contributed by atoms with Crippen LogP contribution in [0.4, 0.5) is 0 Å². The van der Waals surface area contributed by atoms with Crippen LogP contribution in [0.1, 0.15) is 29.3 Å². The largest absolute Gasteiger partial charge is 0.481 e. The fourth-order valence-corrected chi connectivity index (χ4v) is 2.08. The van der Waals surface area contributed by atoms with E-state index in [4.69, 9.17) is 5.11 Å². The van der Waals surface area contributed by atoms with Crippen LogP contribution >= 0.6 is 0 Å². The molecule has 0 aliphatic rings. The number of rotatable bonds is 7. The number of hydrogen-bond acceptors (Lipinski definition) is 3. The smallest absolute Gasteiger partial charge is 0.303 e. The van der Waals surface area contributed by atoms with Gasteiger partial charge in [-0.25, -0.2) is 0 Å². The third-order valence-electron chi connectivity index (χ3n) is 3.22. The lowest BCUT2D eigenvalue weighted by molar-refractivity contribution is -0.137. The summed E-state index contributed by atoms with van der Waals surface area (Å²) in [6.07, 6.45) is 3.23. The van der Waals surface area contributed by atoms with E-state index in [0.29, 0.717) is 18.7 Å². The molecule has 0 saturated carbocycles. The van der Waals surface area contributed by atoms with E-state index < -0.39 is 5.97 Å². The zero-order valence-corrected chi connectivity index (χ0v) is 12.4. The summed E-state index contributed by atoms with van der Waals surface area (Å²) in [6.45, 7) is 2.71. The molecule has 1 atom stereocenters. The number of amides is 1. The maximum Gasteiger partial charge on any atom is 0.303 e. The van der Waals surface area contributed by atoms with Gasteiger partial charge in [-0.3, -0.25) is 14.3 Å². The quantitative estimate of drug-likeness (QED) is 0.816. The normalized spacial score (nSPS) is 11.9. The monoisotopic (exact) mass is 301 g/mol. The Bertz CT molecular complexity index is 637. The zero-order valence-electron chi connectivity index (χ0n) is 12.4. The molecule has 0 unspecified atom stereocenters. The Kier molecular flexibility index (Phi) is 5.30. The number of hydrogen-bond donors (Lipinski definition) is 2. The zero-order chi connectivity index (χ0) is 15.9. The molecule has 1 aromatic heterocycles. The van der Waals surface area contributed by atoms with Crippen molar-refractivity contribution in [3.63, 3.8) is 0 Å². The number of carboxylic acids is 1. The van der Waals surface area contributed by atoms with E-state index in [0.717, 1.165) is 5.56 Å². The predicted molar refractivity (Wildman–Crippen MR) is 81.5 cm³/mol. The summed E-state index contributed by atoms with van der Waals surface area (Å²) in [4.78, 5) is 22.6. The molecule has 2 aromatic rings. The summed E-state index contributed by atoms with van der Waals surface area (Å²) in [5.74, 6) is -1.21. The van der Waals surface area contributed by atoms with Crippen molar-refractivity contribution < 1.29 is 14.7 Å². The van der Waals surface area contributed by atoms with Gasteiger partial charge < -0.3 is 10.4 Å². The molecule has 0 aliphatic heterocycles. The van der Waals surface area contributed by atoms with E-state index in [1.807, 2.05) is 30.3 Å². The van der Waals surface area contributed by atoms with Gasteiger partial charge in [0.25, 0.3) is 5.91 Å². The lowest BCUT2D eigenvalue weighted by Gasteiger charge is -2.09. The molecule has 0 bridgehead atoms. The molecule has 0 radical (unpaired) electrons. The molecule has 1 aromatic carbocycles. The van der Waals surface area contributed by atoms with Gasteiger partial charge in [-0.05, 0) is 11.5 Å². The highest BCUT2D eigenvalue weighted by Gasteiger charge is 2.12. The molecule has 1 heterocycles. The molecule has 2 N–H and O–H groups in total. The summed E-state index contributed by atoms with van der Waals surface area (Å²) in [7, 11) is 0. The lowest BCUT2D eigenvalue weighted by Crippen LogP contribution is -2.29. The minimum absolute atomic E-state index is 0.0353. The van der Waals surface area contributed by atoms with E-state index in [2.05, 4.69) is 10.4 Å². The Balaban J connectivity index is 1.88. The number of aromatic nitrogens is 2. The first kappa shape index (κ1) is 15.8. The Hall–Kier alpha value is -2.63. The first-order valence-corrected chi connectivity index (χ1v) is 7.11. The van der Waals surface area contributed by atoms with Crippen molar-refractivity contribution in [2.45, 2.75) is 19.9 Å². The molecular weight excluding hydrogens is 282 g/mol. The first-order chi connectivity index (χ1) is 10.5. The van der Waals surface area contributed by atoms with Crippen molar-refractivity contribution in [2.75, 3.05) is 6.54 Å². The van der Waals surface area contributed by atoms with Gasteiger partial charge in [0, 0.05) is 19.2 Å². The topological polar surface area (TPSA) is 84.2 Å². The fourth-order valence-electron chi connectivity index (χ4n) is 2.08. The third kappa shape index (κ3) is 4.73. The highest BCUT2D eigenvalue weighted by Crippen LogP contribution is 2.05. The number of benzene rings is 1. The summed E-state index contributed by atoms with van der Waals surface area (Å²) >= 11 is 0. The van der Waals surface area contributed by atoms with Gasteiger partial charge in [-0.2, -0.15) is 5.10 Å². The Morgan fingerprint density at radius 1 is 1.32 bits per heavy atom. The van der Waals surface area contributed by atoms with Gasteiger partial charge >= 0.3 is 5.97 Å². The second-order valence-corrected chi connectivity index (χ2v) is 5.33. The standard InChI is InChI=1S/C16H19N3O3/c1-12(7-15(20)21)8-17-16(22)14-9-18-19(11-14)10-13-5-3-2-4-6-13/h2-6,9,11-12H,7-8,10H2,1H3,(H,17,22)(H,20,21)/t12-/m1/s1. The molecule has 6 heteroatoms. The molecular formula is C16H19N3O3. The van der Waals surface area contributed by atoms with Crippen LogP contribution < -0.4 is 5.32 Å². The number of nitrogens with one attached hydrogen (secondary N) is 1. The molecule has 116 valence electrons. The maximum absolute atomic E-state index is 12.0. The van der Waals surface area contributed by atoms with Crippen molar-refractivity contribution in [1.29, 1.82) is 0 Å². The van der Waals surface area contributed by atoms with Crippen LogP contribution in [0.15, 0.2) is 42.7 Å². The van der Waals surface area contributed by atoms with Crippen molar-refractivity contribution in [2.24, 2.45) is 5.92 Å². The molecule has 0 fully saturated rings. The van der Waals surface area contributed by atoms with Crippen LogP contribution in [0.5, 0.6) is 0 Å².